The number of anilines is 1. The normalized spacial score (nSPS) is 20.0. The third-order valence-electron chi connectivity index (χ3n) is 18.6. The van der Waals surface area contributed by atoms with Crippen molar-refractivity contribution in [2.24, 2.45) is 21.5 Å². The second kappa shape index (κ2) is 33.3. The first kappa shape index (κ1) is 72.8. The number of alkyl halides is 1. The Kier molecular flexibility index (Phi) is 24.8. The molecule has 5 N–H and O–H groups in total. The second-order valence-electron chi connectivity index (χ2n) is 26.2. The molecular weight excluding hydrogens is 1530 g/mol. The van der Waals surface area contributed by atoms with Crippen LogP contribution in [0.4, 0.5) is 14.5 Å². The first-order valence-electron chi connectivity index (χ1n) is 33.9. The van der Waals surface area contributed by atoms with Gasteiger partial charge in [0.1, 0.15) is 70.4 Å². The quantitative estimate of drug-likeness (QED) is 0.0386. The smallest absolute Gasteiger partial charge is 0.677 e. The van der Waals surface area contributed by atoms with Gasteiger partial charge in [0.25, 0.3) is 0 Å². The first-order chi connectivity index (χ1) is 47.1. The Bertz CT molecular complexity index is 4010. The molecule has 8 heterocycles. The minimum absolute atomic E-state index is 0. The Morgan fingerprint density at radius 3 is 1.86 bits per heavy atom. The van der Waals surface area contributed by atoms with Gasteiger partial charge in [-0.3, -0.25) is 9.98 Å². The van der Waals surface area contributed by atoms with E-state index in [1.807, 2.05) is 59.5 Å². The summed E-state index contributed by atoms with van der Waals surface area (Å²) in [7, 11) is -0.700. The fourth-order valence-corrected chi connectivity index (χ4v) is 19.6. The van der Waals surface area contributed by atoms with Crippen LogP contribution in [0.15, 0.2) is 160 Å². The molecule has 0 bridgehead atoms. The topological polar surface area (TPSA) is 198 Å². The van der Waals surface area contributed by atoms with E-state index in [9.17, 15) is 8.78 Å². The van der Waals surface area contributed by atoms with Gasteiger partial charge in [-0.15, -0.1) is 6.54 Å². The van der Waals surface area contributed by atoms with Gasteiger partial charge in [-0.1, -0.05) is 49.6 Å². The van der Waals surface area contributed by atoms with Crippen LogP contribution in [0.25, 0.3) is 28.0 Å². The summed E-state index contributed by atoms with van der Waals surface area (Å²) in [6.07, 6.45) is 19.7. The molecule has 5 aliphatic heterocycles. The van der Waals surface area contributed by atoms with Crippen molar-refractivity contribution in [3.05, 3.63) is 200 Å². The maximum Gasteiger partial charge on any atom is 2.00 e. The van der Waals surface area contributed by atoms with E-state index in [4.69, 9.17) is 55.6 Å². The molecule has 1 saturated heterocycles. The van der Waals surface area contributed by atoms with Crippen LogP contribution in [-0.4, -0.2) is 102 Å². The average molecular weight is 1610 g/mol. The molecule has 516 valence electrons. The number of amidine groups is 2. The largest absolute Gasteiger partial charge is 2.00 e. The van der Waals surface area contributed by atoms with Crippen molar-refractivity contribution in [1.29, 1.82) is 0 Å². The molecule has 0 unspecified atom stereocenters. The zero-order valence-electron chi connectivity index (χ0n) is 55.8. The molecule has 98 heavy (non-hydrogen) atoms. The van der Waals surface area contributed by atoms with Crippen LogP contribution in [0.2, 0.25) is 0 Å². The fraction of sp³-hybridized carbons (Fsp3) is 0.390. The SMILES string of the molecule is CC(C)Oc1cccc(OC(C)C)c1-c1ccccc1[PH+](C1CCCCC1)C1CCCCC1.NC1=N[C@@]2(COC1)c1cc(-c3cccnc3F)ccc1Oc1ncc(N3CC[C@@H](F)C3)cc12.NC1=N[C@@]2(COC1)c1cc(I)ccc1Oc1ncc(Br)cc12.[NH-]CCc1[c-]cccc1.[Pd+2]. The number of nitrogens with zero attached hydrogens (tertiary/aromatic N) is 6. The molecule has 2 aliphatic carbocycles. The molecule has 21 heteroatoms. The van der Waals surface area contributed by atoms with Crippen LogP contribution >= 0.6 is 46.4 Å². The van der Waals surface area contributed by atoms with Crippen LogP contribution in [-0.2, 0) is 47.4 Å². The number of halogens is 4. The Morgan fingerprint density at radius 2 is 1.28 bits per heavy atom. The van der Waals surface area contributed by atoms with Crippen LogP contribution in [0.5, 0.6) is 34.8 Å². The number of pyridine rings is 3. The number of fused-ring (bicyclic) bond motifs is 8. The molecule has 2 saturated carbocycles. The fourth-order valence-electron chi connectivity index (χ4n) is 14.4. The maximum absolute atomic E-state index is 14.4. The summed E-state index contributed by atoms with van der Waals surface area (Å²) in [6, 6.07) is 45.1. The van der Waals surface area contributed by atoms with Crippen LogP contribution in [0.3, 0.4) is 0 Å². The van der Waals surface area contributed by atoms with Crippen LogP contribution in [0, 0.1) is 15.6 Å². The number of nitrogens with two attached hydrogens (primary N) is 2. The molecule has 3 fully saturated rings. The third kappa shape index (κ3) is 16.6. The molecule has 15 rings (SSSR count). The number of rotatable bonds is 12. The third-order valence-corrected chi connectivity index (χ3v) is 23.7. The van der Waals surface area contributed by atoms with Gasteiger partial charge in [-0.05, 0) is 202 Å². The van der Waals surface area contributed by atoms with E-state index in [1.165, 1.54) is 81.5 Å². The molecule has 3 aromatic heterocycles. The van der Waals surface area contributed by atoms with Crippen LogP contribution < -0.4 is 40.6 Å². The van der Waals surface area contributed by atoms with Crippen LogP contribution in [0.1, 0.15) is 126 Å². The molecular formula is C77H85BrF2IN9O6PPd+. The summed E-state index contributed by atoms with van der Waals surface area (Å²) < 4.78 is 66.6. The summed E-state index contributed by atoms with van der Waals surface area (Å²) in [5.41, 5.74) is 27.8. The van der Waals surface area contributed by atoms with Gasteiger partial charge in [-0.2, -0.15) is 40.3 Å². The average Bonchev–Trinajstić information content (AvgIpc) is 0.857. The van der Waals surface area contributed by atoms with E-state index < -0.39 is 31.1 Å². The molecule has 2 spiro atoms. The van der Waals surface area contributed by atoms with Gasteiger partial charge in [0.05, 0.1) is 65.3 Å². The van der Waals surface area contributed by atoms with Gasteiger partial charge in [0, 0.05) is 63.7 Å². The number of hydrogen-bond donors (Lipinski definition) is 2. The number of aliphatic imine (C=N–C) groups is 2. The van der Waals surface area contributed by atoms with E-state index in [1.54, 1.807) is 42.0 Å². The number of hydrogen-bond acceptors (Lipinski definition) is 14. The summed E-state index contributed by atoms with van der Waals surface area (Å²) in [5.74, 6) is 4.40. The predicted molar refractivity (Wildman–Crippen MR) is 397 cm³/mol. The van der Waals surface area contributed by atoms with Crippen molar-refractivity contribution >= 4 is 69.1 Å². The molecule has 3 atom stereocenters. The molecule has 8 aromatic rings. The minimum atomic E-state index is -1.02. The van der Waals surface area contributed by atoms with E-state index in [2.05, 4.69) is 136 Å². The zero-order chi connectivity index (χ0) is 67.6. The number of benzene rings is 5. The first-order valence-corrected chi connectivity index (χ1v) is 37.5. The molecule has 0 amide bonds. The van der Waals surface area contributed by atoms with E-state index in [0.29, 0.717) is 90.7 Å². The van der Waals surface area contributed by atoms with Crippen molar-refractivity contribution in [3.63, 3.8) is 0 Å². The molecule has 5 aromatic carbocycles. The maximum atomic E-state index is 14.4. The Morgan fingerprint density at radius 1 is 0.684 bits per heavy atom. The molecule has 0 radical (unpaired) electrons. The van der Waals surface area contributed by atoms with Crippen molar-refractivity contribution in [2.45, 2.75) is 146 Å². The second-order valence-corrected chi connectivity index (χ2v) is 31.5. The van der Waals surface area contributed by atoms with Gasteiger partial charge >= 0.3 is 20.4 Å². The van der Waals surface area contributed by atoms with Gasteiger partial charge in [-0.25, -0.2) is 19.3 Å². The van der Waals surface area contributed by atoms with Gasteiger partial charge < -0.3 is 50.5 Å². The van der Waals surface area contributed by atoms with Crippen molar-refractivity contribution in [3.8, 4) is 57.0 Å². The number of ether oxygens (including phenoxy) is 6. The molecule has 7 aliphatic rings. The summed E-state index contributed by atoms with van der Waals surface area (Å²) in [4.78, 5) is 24.2. The van der Waals surface area contributed by atoms with Crippen molar-refractivity contribution < 1.29 is 57.6 Å². The minimum Gasteiger partial charge on any atom is -0.677 e. The zero-order valence-corrected chi connectivity index (χ0v) is 62.1. The van der Waals surface area contributed by atoms with E-state index in [0.717, 1.165) is 65.4 Å². The number of nitrogens with one attached hydrogen (secondary N) is 1. The van der Waals surface area contributed by atoms with Crippen molar-refractivity contribution in [1.82, 2.24) is 15.0 Å². The molecule has 15 nitrogen and oxygen atoms in total. The summed E-state index contributed by atoms with van der Waals surface area (Å²) in [6.45, 7) is 11.0. The Hall–Kier alpha value is -6.47. The summed E-state index contributed by atoms with van der Waals surface area (Å²) >= 11 is 5.75. The Balaban J connectivity index is 0.000000141. The predicted octanol–water partition coefficient (Wildman–Crippen LogP) is 17.3. The van der Waals surface area contributed by atoms with E-state index in [-0.39, 0.29) is 45.8 Å². The van der Waals surface area contributed by atoms with Gasteiger partial charge in [0.2, 0.25) is 17.7 Å². The Labute approximate surface area is 611 Å². The summed E-state index contributed by atoms with van der Waals surface area (Å²) in [5, 5.41) is 1.63. The monoisotopic (exact) mass is 1610 g/mol. The standard InChI is InChI=1S/C30H43O2P.C24H21F2N5O2.C15H11BrIN3O2.C8H9N.Pd/c1-22(2)31-27-19-13-20-28(32-23(3)4)30(27)26-18-11-12-21-29(26)33(24-14-7-5-8-15-24)25-16-9-6-10-17-25;25-15-5-7-31(11-15)16-9-19-23(29-10-16)33-20-4-3-14(17-2-1-6-28-22(17)26)8-18(20)24(19)13-32-12-21(27)30-24;16-8-3-11-14(19-5-8)22-12-2-1-9(17)4-10(12)15(11)7-21-6-13(18)20-15;9-7-6-8-4-2-1-3-5-8;/h11-13,18-25H,5-10,14-17H2,1-4H3;1-4,6,8-10,15H,5,7,11-13H2,(H2,27,30);1-5H,6-7H2,(H2,18,20);1-4,9H,6-7H2;/q;;;-2;+2/p+1/t;15-,24+;15-;;/m.10../s1. The van der Waals surface area contributed by atoms with Gasteiger partial charge in [0.15, 0.2) is 0 Å². The van der Waals surface area contributed by atoms with E-state index >= 15 is 0 Å². The van der Waals surface area contributed by atoms with Crippen molar-refractivity contribution in [2.75, 3.05) is 51.0 Å². The number of aromatic nitrogens is 3.